The lowest BCUT2D eigenvalue weighted by Gasteiger charge is -2.11. The number of carbonyl (C=O) groups is 1. The van der Waals surface area contributed by atoms with E-state index < -0.39 is 5.97 Å². The molecule has 0 amide bonds. The zero-order valence-electron chi connectivity index (χ0n) is 8.57. The van der Waals surface area contributed by atoms with Crippen LogP contribution < -0.4 is 0 Å². The van der Waals surface area contributed by atoms with E-state index in [2.05, 4.69) is 6.58 Å². The molecule has 0 N–H and O–H groups in total. The van der Waals surface area contributed by atoms with E-state index in [1.807, 2.05) is 31.2 Å². The fourth-order valence-corrected chi connectivity index (χ4v) is 1.28. The summed E-state index contributed by atoms with van der Waals surface area (Å²) in [5, 5.41) is 0.703. The Balaban J connectivity index is 2.53. The Morgan fingerprint density at radius 2 is 2.13 bits per heavy atom. The van der Waals surface area contributed by atoms with Crippen LogP contribution in [0.2, 0.25) is 5.02 Å². The Hall–Kier alpha value is -1.28. The van der Waals surface area contributed by atoms with Crippen molar-refractivity contribution in [3.05, 3.63) is 47.5 Å². The molecular formula is C12H13ClO2. The Morgan fingerprint density at radius 3 is 2.67 bits per heavy atom. The topological polar surface area (TPSA) is 26.3 Å². The third-order valence-corrected chi connectivity index (χ3v) is 2.33. The standard InChI is InChI=1S/C12H13ClO2/c1-3-12(14)15-8-9(2)10-4-6-11(13)7-5-10/h3-7,9H,1,8H2,2H3. The van der Waals surface area contributed by atoms with Crippen molar-refractivity contribution in [2.45, 2.75) is 12.8 Å². The highest BCUT2D eigenvalue weighted by atomic mass is 35.5. The molecule has 0 radical (unpaired) electrons. The summed E-state index contributed by atoms with van der Waals surface area (Å²) in [6, 6.07) is 7.49. The van der Waals surface area contributed by atoms with Crippen LogP contribution in [0.1, 0.15) is 18.4 Å². The number of ether oxygens (including phenoxy) is 1. The zero-order chi connectivity index (χ0) is 11.3. The van der Waals surface area contributed by atoms with E-state index >= 15 is 0 Å². The molecule has 80 valence electrons. The fraction of sp³-hybridized carbons (Fsp3) is 0.250. The number of hydrogen-bond acceptors (Lipinski definition) is 2. The molecule has 0 aliphatic heterocycles. The van der Waals surface area contributed by atoms with Crippen molar-refractivity contribution in [2.24, 2.45) is 0 Å². The van der Waals surface area contributed by atoms with Gasteiger partial charge < -0.3 is 4.74 Å². The number of benzene rings is 1. The van der Waals surface area contributed by atoms with Gasteiger partial charge >= 0.3 is 5.97 Å². The molecule has 2 nitrogen and oxygen atoms in total. The van der Waals surface area contributed by atoms with E-state index in [1.54, 1.807) is 0 Å². The van der Waals surface area contributed by atoms with Gasteiger partial charge in [-0.25, -0.2) is 4.79 Å². The first-order chi connectivity index (χ1) is 7.13. The molecule has 0 heterocycles. The van der Waals surface area contributed by atoms with Gasteiger partial charge in [0.25, 0.3) is 0 Å². The van der Waals surface area contributed by atoms with Gasteiger partial charge in [-0.3, -0.25) is 0 Å². The summed E-state index contributed by atoms with van der Waals surface area (Å²) in [4.78, 5) is 10.8. The zero-order valence-corrected chi connectivity index (χ0v) is 9.33. The monoisotopic (exact) mass is 224 g/mol. The van der Waals surface area contributed by atoms with Crippen LogP contribution >= 0.6 is 11.6 Å². The maximum Gasteiger partial charge on any atom is 0.330 e. The third kappa shape index (κ3) is 3.76. The smallest absolute Gasteiger partial charge is 0.330 e. The number of halogens is 1. The lowest BCUT2D eigenvalue weighted by Crippen LogP contribution is -2.08. The van der Waals surface area contributed by atoms with Gasteiger partial charge in [0.2, 0.25) is 0 Å². The van der Waals surface area contributed by atoms with Gasteiger partial charge in [0.15, 0.2) is 0 Å². The van der Waals surface area contributed by atoms with E-state index in [4.69, 9.17) is 16.3 Å². The van der Waals surface area contributed by atoms with Gasteiger partial charge in [0.05, 0.1) is 6.61 Å². The maximum absolute atomic E-state index is 10.8. The Labute approximate surface area is 94.5 Å². The molecule has 15 heavy (non-hydrogen) atoms. The molecule has 0 saturated heterocycles. The minimum absolute atomic E-state index is 0.158. The van der Waals surface area contributed by atoms with E-state index in [9.17, 15) is 4.79 Å². The summed E-state index contributed by atoms with van der Waals surface area (Å²) in [6.07, 6.45) is 1.16. The van der Waals surface area contributed by atoms with Gasteiger partial charge in [-0.15, -0.1) is 0 Å². The van der Waals surface area contributed by atoms with Crippen LogP contribution in [0.15, 0.2) is 36.9 Å². The van der Waals surface area contributed by atoms with Crippen LogP contribution in [-0.4, -0.2) is 12.6 Å². The summed E-state index contributed by atoms with van der Waals surface area (Å²) < 4.78 is 4.95. The van der Waals surface area contributed by atoms with Gasteiger partial charge in [0.1, 0.15) is 0 Å². The summed E-state index contributed by atoms with van der Waals surface area (Å²) >= 11 is 5.77. The molecule has 0 saturated carbocycles. The van der Waals surface area contributed by atoms with E-state index in [0.717, 1.165) is 11.6 Å². The predicted molar refractivity (Wildman–Crippen MR) is 61.0 cm³/mol. The summed E-state index contributed by atoms with van der Waals surface area (Å²) in [6.45, 7) is 5.67. The van der Waals surface area contributed by atoms with Crippen molar-refractivity contribution in [1.82, 2.24) is 0 Å². The van der Waals surface area contributed by atoms with E-state index in [1.165, 1.54) is 0 Å². The molecule has 0 aliphatic carbocycles. The Kier molecular flexibility index (Phi) is 4.37. The van der Waals surface area contributed by atoms with Gasteiger partial charge in [-0.05, 0) is 17.7 Å². The summed E-state index contributed by atoms with van der Waals surface area (Å²) in [7, 11) is 0. The van der Waals surface area contributed by atoms with E-state index in [-0.39, 0.29) is 5.92 Å². The van der Waals surface area contributed by atoms with Crippen LogP contribution in [0.25, 0.3) is 0 Å². The highest BCUT2D eigenvalue weighted by Crippen LogP contribution is 2.18. The summed E-state index contributed by atoms with van der Waals surface area (Å²) in [5.41, 5.74) is 1.09. The minimum atomic E-state index is -0.393. The summed E-state index contributed by atoms with van der Waals surface area (Å²) in [5.74, 6) is -0.234. The van der Waals surface area contributed by atoms with Crippen LogP contribution in [0.3, 0.4) is 0 Å². The normalized spacial score (nSPS) is 11.9. The molecule has 3 heteroatoms. The van der Waals surface area contributed by atoms with Gasteiger partial charge in [-0.2, -0.15) is 0 Å². The molecule has 0 spiro atoms. The SMILES string of the molecule is C=CC(=O)OCC(C)c1ccc(Cl)cc1. The number of esters is 1. The number of carbonyl (C=O) groups excluding carboxylic acids is 1. The molecular weight excluding hydrogens is 212 g/mol. The van der Waals surface area contributed by atoms with Crippen LogP contribution in [0.5, 0.6) is 0 Å². The highest BCUT2D eigenvalue weighted by Gasteiger charge is 2.07. The van der Waals surface area contributed by atoms with Crippen LogP contribution in [0, 0.1) is 0 Å². The molecule has 0 aromatic heterocycles. The van der Waals surface area contributed by atoms with Crippen molar-refractivity contribution in [1.29, 1.82) is 0 Å². The molecule has 1 unspecified atom stereocenters. The molecule has 0 aliphatic rings. The van der Waals surface area contributed by atoms with Crippen molar-refractivity contribution in [3.8, 4) is 0 Å². The minimum Gasteiger partial charge on any atom is -0.462 e. The average molecular weight is 225 g/mol. The van der Waals surface area contributed by atoms with Crippen molar-refractivity contribution in [3.63, 3.8) is 0 Å². The molecule has 1 rings (SSSR count). The van der Waals surface area contributed by atoms with Gasteiger partial charge in [0, 0.05) is 17.0 Å². The first-order valence-electron chi connectivity index (χ1n) is 4.68. The Morgan fingerprint density at radius 1 is 1.53 bits per heavy atom. The average Bonchev–Trinajstić information content (AvgIpc) is 2.26. The first kappa shape index (κ1) is 11.8. The molecule has 1 aromatic rings. The van der Waals surface area contributed by atoms with Gasteiger partial charge in [-0.1, -0.05) is 37.2 Å². The van der Waals surface area contributed by atoms with Crippen molar-refractivity contribution in [2.75, 3.05) is 6.61 Å². The largest absolute Gasteiger partial charge is 0.462 e. The van der Waals surface area contributed by atoms with Crippen molar-refractivity contribution >= 4 is 17.6 Å². The molecule has 1 aromatic carbocycles. The van der Waals surface area contributed by atoms with Crippen molar-refractivity contribution < 1.29 is 9.53 Å². The second-order valence-electron chi connectivity index (χ2n) is 3.29. The third-order valence-electron chi connectivity index (χ3n) is 2.08. The molecule has 1 atom stereocenters. The number of hydrogen-bond donors (Lipinski definition) is 0. The second kappa shape index (κ2) is 5.56. The molecule has 0 fully saturated rings. The predicted octanol–water partition coefficient (Wildman–Crippen LogP) is 3.17. The van der Waals surface area contributed by atoms with E-state index in [0.29, 0.717) is 11.6 Å². The fourth-order valence-electron chi connectivity index (χ4n) is 1.15. The Bertz CT molecular complexity index is 343. The number of rotatable bonds is 4. The highest BCUT2D eigenvalue weighted by molar-refractivity contribution is 6.30. The lowest BCUT2D eigenvalue weighted by molar-refractivity contribution is -0.138. The quantitative estimate of drug-likeness (QED) is 0.580. The molecule has 0 bridgehead atoms. The van der Waals surface area contributed by atoms with Crippen LogP contribution in [-0.2, 0) is 9.53 Å². The van der Waals surface area contributed by atoms with Crippen LogP contribution in [0.4, 0.5) is 0 Å². The lowest BCUT2D eigenvalue weighted by atomic mass is 10.0. The maximum atomic E-state index is 10.8. The second-order valence-corrected chi connectivity index (χ2v) is 3.72. The first-order valence-corrected chi connectivity index (χ1v) is 5.06.